The van der Waals surface area contributed by atoms with Gasteiger partial charge in [0, 0.05) is 18.3 Å². The Morgan fingerprint density at radius 3 is 2.40 bits per heavy atom. The Morgan fingerprint density at radius 1 is 1.00 bits per heavy atom. The molecule has 130 valence electrons. The van der Waals surface area contributed by atoms with E-state index in [9.17, 15) is 14.4 Å². The van der Waals surface area contributed by atoms with E-state index in [1.165, 1.54) is 19.9 Å². The number of hydrogen-bond acceptors (Lipinski definition) is 4. The molecule has 2 aromatic carbocycles. The number of aryl methyl sites for hydroxylation is 1. The lowest BCUT2D eigenvalue weighted by Crippen LogP contribution is -2.30. The highest BCUT2D eigenvalue weighted by molar-refractivity contribution is 5.98. The van der Waals surface area contributed by atoms with Crippen LogP contribution in [0.4, 0.5) is 11.4 Å². The zero-order valence-corrected chi connectivity index (χ0v) is 14.3. The van der Waals surface area contributed by atoms with Crippen LogP contribution in [0.2, 0.25) is 0 Å². The molecule has 0 saturated carbocycles. The van der Waals surface area contributed by atoms with Crippen molar-refractivity contribution in [2.45, 2.75) is 26.9 Å². The second kappa shape index (κ2) is 8.10. The molecule has 0 heterocycles. The van der Waals surface area contributed by atoms with Crippen LogP contribution in [-0.2, 0) is 14.3 Å². The Bertz CT molecular complexity index is 802. The van der Waals surface area contributed by atoms with Gasteiger partial charge in [-0.05, 0) is 43.7 Å². The number of para-hydroxylation sites is 1. The van der Waals surface area contributed by atoms with Gasteiger partial charge in [0.2, 0.25) is 5.91 Å². The highest BCUT2D eigenvalue weighted by Crippen LogP contribution is 2.15. The van der Waals surface area contributed by atoms with Crippen LogP contribution in [0.25, 0.3) is 0 Å². The summed E-state index contributed by atoms with van der Waals surface area (Å²) in [5.74, 6) is -1.29. The summed E-state index contributed by atoms with van der Waals surface area (Å²) < 4.78 is 5.21. The van der Waals surface area contributed by atoms with Crippen LogP contribution >= 0.6 is 0 Å². The number of carbonyl (C=O) groups excluding carboxylic acids is 3. The van der Waals surface area contributed by atoms with Crippen LogP contribution in [0.15, 0.2) is 48.5 Å². The molecule has 0 bridgehead atoms. The van der Waals surface area contributed by atoms with Gasteiger partial charge in [-0.15, -0.1) is 0 Å². The number of rotatable bonds is 5. The summed E-state index contributed by atoms with van der Waals surface area (Å²) in [5, 5.41) is 5.32. The minimum absolute atomic E-state index is 0.239. The smallest absolute Gasteiger partial charge is 0.338 e. The number of hydrogen-bond donors (Lipinski definition) is 2. The van der Waals surface area contributed by atoms with E-state index in [0.29, 0.717) is 11.4 Å². The van der Waals surface area contributed by atoms with Crippen LogP contribution in [0, 0.1) is 6.92 Å². The molecular weight excluding hydrogens is 320 g/mol. The van der Waals surface area contributed by atoms with Crippen molar-refractivity contribution in [2.24, 2.45) is 0 Å². The Kier molecular flexibility index (Phi) is 5.89. The second-order valence-corrected chi connectivity index (χ2v) is 5.61. The average molecular weight is 340 g/mol. The van der Waals surface area contributed by atoms with E-state index in [-0.39, 0.29) is 11.5 Å². The number of nitrogens with one attached hydrogen (secondary N) is 2. The number of benzene rings is 2. The van der Waals surface area contributed by atoms with Gasteiger partial charge in [-0.2, -0.15) is 0 Å². The van der Waals surface area contributed by atoms with Crippen LogP contribution < -0.4 is 10.6 Å². The van der Waals surface area contributed by atoms with E-state index in [1.807, 2.05) is 25.1 Å². The molecule has 2 amide bonds. The standard InChI is InChI=1S/C19H20N2O4/c1-12-7-4-5-10-17(12)21-18(23)13(2)25-19(24)15-8-6-9-16(11-15)20-14(3)22/h4-11,13H,1-3H3,(H,20,22)(H,21,23). The fourth-order valence-electron chi connectivity index (χ4n) is 2.16. The van der Waals surface area contributed by atoms with Crippen molar-refractivity contribution in [2.75, 3.05) is 10.6 Å². The van der Waals surface area contributed by atoms with Crippen molar-refractivity contribution in [3.05, 3.63) is 59.7 Å². The van der Waals surface area contributed by atoms with Crippen molar-refractivity contribution < 1.29 is 19.1 Å². The maximum atomic E-state index is 12.2. The summed E-state index contributed by atoms with van der Waals surface area (Å²) >= 11 is 0. The van der Waals surface area contributed by atoms with Crippen LogP contribution in [-0.4, -0.2) is 23.9 Å². The van der Waals surface area contributed by atoms with Gasteiger partial charge >= 0.3 is 5.97 Å². The molecule has 1 unspecified atom stereocenters. The highest BCUT2D eigenvalue weighted by Gasteiger charge is 2.19. The van der Waals surface area contributed by atoms with Crippen molar-refractivity contribution >= 4 is 29.2 Å². The Labute approximate surface area is 146 Å². The first kappa shape index (κ1) is 18.2. The van der Waals surface area contributed by atoms with Crippen LogP contribution in [0.5, 0.6) is 0 Å². The van der Waals surface area contributed by atoms with Gasteiger partial charge in [0.05, 0.1) is 5.56 Å². The van der Waals surface area contributed by atoms with Gasteiger partial charge in [0.15, 0.2) is 6.10 Å². The minimum atomic E-state index is -0.962. The molecule has 6 nitrogen and oxygen atoms in total. The summed E-state index contributed by atoms with van der Waals surface area (Å²) in [6.45, 7) is 4.76. The van der Waals surface area contributed by atoms with Gasteiger partial charge in [0.25, 0.3) is 5.91 Å². The van der Waals surface area contributed by atoms with Crippen molar-refractivity contribution in [1.29, 1.82) is 0 Å². The molecule has 25 heavy (non-hydrogen) atoms. The Balaban J connectivity index is 2.01. The van der Waals surface area contributed by atoms with Crippen LogP contribution in [0.1, 0.15) is 29.8 Å². The maximum absolute atomic E-state index is 12.2. The molecular formula is C19H20N2O4. The zero-order valence-electron chi connectivity index (χ0n) is 14.3. The molecule has 0 aromatic heterocycles. The summed E-state index contributed by atoms with van der Waals surface area (Å²) in [6.07, 6.45) is -0.962. The van der Waals surface area contributed by atoms with E-state index >= 15 is 0 Å². The lowest BCUT2D eigenvalue weighted by molar-refractivity contribution is -0.123. The third-order valence-corrected chi connectivity index (χ3v) is 3.47. The van der Waals surface area contributed by atoms with Crippen molar-refractivity contribution in [3.8, 4) is 0 Å². The number of esters is 1. The Morgan fingerprint density at radius 2 is 1.72 bits per heavy atom. The van der Waals surface area contributed by atoms with Gasteiger partial charge in [-0.3, -0.25) is 9.59 Å². The monoisotopic (exact) mass is 340 g/mol. The molecule has 1 atom stereocenters. The van der Waals surface area contributed by atoms with Gasteiger partial charge < -0.3 is 15.4 Å². The lowest BCUT2D eigenvalue weighted by atomic mass is 10.2. The summed E-state index contributed by atoms with van der Waals surface area (Å²) in [5.41, 5.74) is 2.32. The number of anilines is 2. The molecule has 0 aliphatic heterocycles. The predicted molar refractivity (Wildman–Crippen MR) is 95.4 cm³/mol. The maximum Gasteiger partial charge on any atom is 0.338 e. The van der Waals surface area contributed by atoms with E-state index in [0.717, 1.165) is 5.56 Å². The molecule has 0 radical (unpaired) electrons. The molecule has 2 rings (SSSR count). The van der Waals surface area contributed by atoms with E-state index in [1.54, 1.807) is 24.3 Å². The number of carbonyl (C=O) groups is 3. The molecule has 2 N–H and O–H groups in total. The molecule has 6 heteroatoms. The highest BCUT2D eigenvalue weighted by atomic mass is 16.5. The third kappa shape index (κ3) is 5.17. The zero-order chi connectivity index (χ0) is 18.4. The topological polar surface area (TPSA) is 84.5 Å². The molecule has 0 aliphatic carbocycles. The third-order valence-electron chi connectivity index (χ3n) is 3.47. The van der Waals surface area contributed by atoms with Gasteiger partial charge in [-0.1, -0.05) is 24.3 Å². The summed E-state index contributed by atoms with van der Waals surface area (Å²) in [7, 11) is 0. The number of ether oxygens (including phenoxy) is 1. The average Bonchev–Trinajstić information content (AvgIpc) is 2.56. The lowest BCUT2D eigenvalue weighted by Gasteiger charge is -2.15. The molecule has 0 saturated heterocycles. The normalized spacial score (nSPS) is 11.3. The van der Waals surface area contributed by atoms with Gasteiger partial charge in [0.1, 0.15) is 0 Å². The molecule has 0 fully saturated rings. The molecule has 0 spiro atoms. The molecule has 0 aliphatic rings. The summed E-state index contributed by atoms with van der Waals surface area (Å²) in [6, 6.07) is 13.7. The second-order valence-electron chi connectivity index (χ2n) is 5.61. The minimum Gasteiger partial charge on any atom is -0.449 e. The first-order chi connectivity index (χ1) is 11.9. The fourth-order valence-corrected chi connectivity index (χ4v) is 2.16. The Hall–Kier alpha value is -3.15. The predicted octanol–water partition coefficient (Wildman–Crippen LogP) is 3.14. The van der Waals surface area contributed by atoms with Crippen molar-refractivity contribution in [1.82, 2.24) is 0 Å². The van der Waals surface area contributed by atoms with Crippen LogP contribution in [0.3, 0.4) is 0 Å². The van der Waals surface area contributed by atoms with Gasteiger partial charge in [-0.25, -0.2) is 4.79 Å². The fraction of sp³-hybridized carbons (Fsp3) is 0.211. The quantitative estimate of drug-likeness (QED) is 0.819. The first-order valence-electron chi connectivity index (χ1n) is 7.82. The first-order valence-corrected chi connectivity index (χ1v) is 7.82. The van der Waals surface area contributed by atoms with E-state index in [2.05, 4.69) is 10.6 Å². The van der Waals surface area contributed by atoms with Crippen molar-refractivity contribution in [3.63, 3.8) is 0 Å². The number of amides is 2. The SMILES string of the molecule is CC(=O)Nc1cccc(C(=O)OC(C)C(=O)Nc2ccccc2C)c1. The summed E-state index contributed by atoms with van der Waals surface area (Å²) in [4.78, 5) is 35.5. The largest absolute Gasteiger partial charge is 0.449 e. The molecule has 2 aromatic rings. The van der Waals surface area contributed by atoms with E-state index < -0.39 is 18.0 Å². The van der Waals surface area contributed by atoms with E-state index in [4.69, 9.17) is 4.74 Å².